The molecule has 0 fully saturated rings. The predicted molar refractivity (Wildman–Crippen MR) is 45.2 cm³/mol. The molecule has 1 aromatic heterocycles. The second-order valence-electron chi connectivity index (χ2n) is 2.51. The van der Waals surface area contributed by atoms with Gasteiger partial charge in [-0.1, -0.05) is 0 Å². The number of aliphatic hydroxyl groups is 1. The Morgan fingerprint density at radius 2 is 2.31 bits per heavy atom. The minimum atomic E-state index is -3.11. The molecule has 74 valence electrons. The molecule has 4 nitrogen and oxygen atoms in total. The first-order chi connectivity index (χ1) is 6.03. The number of aromatic nitrogens is 2. The van der Waals surface area contributed by atoms with E-state index in [2.05, 4.69) is 14.7 Å². The number of aryl methyl sites for hydroxylation is 1. The lowest BCUT2D eigenvalue weighted by molar-refractivity contribution is -0.0372. The number of hydrogen-bond acceptors (Lipinski definition) is 5. The standard InChI is InChI=1S/C6H9F2N3OS/c1-4-10-5(13-11-4)9-2-6(7,8)3-12/h12H,2-3H2,1H3,(H,9,10,11). The molecule has 0 aliphatic carbocycles. The average Bonchev–Trinajstić information content (AvgIpc) is 2.48. The Balaban J connectivity index is 2.43. The van der Waals surface area contributed by atoms with Crippen LogP contribution in [0.5, 0.6) is 0 Å². The summed E-state index contributed by atoms with van der Waals surface area (Å²) < 4.78 is 28.8. The van der Waals surface area contributed by atoms with Crippen molar-refractivity contribution in [1.29, 1.82) is 0 Å². The Kier molecular flexibility index (Phi) is 3.10. The van der Waals surface area contributed by atoms with Gasteiger partial charge < -0.3 is 10.4 Å². The van der Waals surface area contributed by atoms with E-state index in [0.717, 1.165) is 11.5 Å². The second-order valence-corrected chi connectivity index (χ2v) is 3.27. The smallest absolute Gasteiger partial charge is 0.287 e. The monoisotopic (exact) mass is 209 g/mol. The number of nitrogens with zero attached hydrogens (tertiary/aromatic N) is 2. The SMILES string of the molecule is Cc1nsc(NCC(F)(F)CO)n1. The number of nitrogens with one attached hydrogen (secondary N) is 1. The molecule has 0 amide bonds. The molecule has 0 unspecified atom stereocenters. The summed E-state index contributed by atoms with van der Waals surface area (Å²) in [4.78, 5) is 3.83. The lowest BCUT2D eigenvalue weighted by atomic mass is 10.4. The molecule has 0 saturated heterocycles. The normalized spacial score (nSPS) is 11.7. The summed E-state index contributed by atoms with van der Waals surface area (Å²) in [5.41, 5.74) is 0. The van der Waals surface area contributed by atoms with E-state index < -0.39 is 19.1 Å². The van der Waals surface area contributed by atoms with E-state index >= 15 is 0 Å². The first-order valence-electron chi connectivity index (χ1n) is 3.56. The van der Waals surface area contributed by atoms with Gasteiger partial charge in [-0.25, -0.2) is 13.8 Å². The topological polar surface area (TPSA) is 58.0 Å². The minimum Gasteiger partial charge on any atom is -0.390 e. The maximum Gasteiger partial charge on any atom is 0.287 e. The summed E-state index contributed by atoms with van der Waals surface area (Å²) in [6.07, 6.45) is 0. The van der Waals surface area contributed by atoms with E-state index in [1.807, 2.05) is 0 Å². The number of alkyl halides is 2. The van der Waals surface area contributed by atoms with E-state index in [0.29, 0.717) is 11.0 Å². The van der Waals surface area contributed by atoms with Gasteiger partial charge in [0.2, 0.25) is 5.13 Å². The largest absolute Gasteiger partial charge is 0.390 e. The zero-order valence-corrected chi connectivity index (χ0v) is 7.74. The van der Waals surface area contributed by atoms with E-state index in [1.54, 1.807) is 6.92 Å². The maximum atomic E-state index is 12.5. The van der Waals surface area contributed by atoms with Crippen LogP contribution in [0.25, 0.3) is 0 Å². The Morgan fingerprint density at radius 1 is 1.62 bits per heavy atom. The van der Waals surface area contributed by atoms with E-state index in [9.17, 15) is 8.78 Å². The molecule has 1 aromatic rings. The van der Waals surface area contributed by atoms with Gasteiger partial charge in [-0.15, -0.1) is 0 Å². The molecular weight excluding hydrogens is 200 g/mol. The van der Waals surface area contributed by atoms with Crippen LogP contribution in [0.15, 0.2) is 0 Å². The van der Waals surface area contributed by atoms with Crippen molar-refractivity contribution in [3.8, 4) is 0 Å². The van der Waals surface area contributed by atoms with Crippen LogP contribution < -0.4 is 5.32 Å². The third kappa shape index (κ3) is 3.19. The fourth-order valence-electron chi connectivity index (χ4n) is 0.630. The van der Waals surface area contributed by atoms with Gasteiger partial charge in [-0.2, -0.15) is 4.37 Å². The molecule has 0 aromatic carbocycles. The Morgan fingerprint density at radius 3 is 2.77 bits per heavy atom. The van der Waals surface area contributed by atoms with E-state index in [1.165, 1.54) is 0 Å². The lowest BCUT2D eigenvalue weighted by Crippen LogP contribution is -2.30. The highest BCUT2D eigenvalue weighted by Crippen LogP contribution is 2.15. The van der Waals surface area contributed by atoms with Crippen molar-refractivity contribution in [3.63, 3.8) is 0 Å². The minimum absolute atomic E-state index is 0.339. The third-order valence-corrected chi connectivity index (χ3v) is 2.02. The third-order valence-electron chi connectivity index (χ3n) is 1.26. The van der Waals surface area contributed by atoms with Crippen LogP contribution in [0, 0.1) is 6.92 Å². The average molecular weight is 209 g/mol. The summed E-state index contributed by atoms with van der Waals surface area (Å²) >= 11 is 1.01. The molecule has 0 spiro atoms. The molecule has 0 radical (unpaired) electrons. The zero-order chi connectivity index (χ0) is 9.90. The summed E-state index contributed by atoms with van der Waals surface area (Å²) in [6, 6.07) is 0. The van der Waals surface area contributed by atoms with Gasteiger partial charge >= 0.3 is 0 Å². The summed E-state index contributed by atoms with van der Waals surface area (Å²) in [5, 5.41) is 11.0. The van der Waals surface area contributed by atoms with Gasteiger partial charge in [0.05, 0.1) is 6.54 Å². The molecule has 7 heteroatoms. The van der Waals surface area contributed by atoms with Gasteiger partial charge in [-0.3, -0.25) is 0 Å². The Bertz CT molecular complexity index is 279. The van der Waals surface area contributed by atoms with Gasteiger partial charge in [0.1, 0.15) is 12.4 Å². The fraction of sp³-hybridized carbons (Fsp3) is 0.667. The van der Waals surface area contributed by atoms with Crippen LogP contribution in [0.2, 0.25) is 0 Å². The van der Waals surface area contributed by atoms with Crippen LogP contribution in [0.3, 0.4) is 0 Å². The molecule has 1 rings (SSSR count). The first-order valence-corrected chi connectivity index (χ1v) is 4.34. The van der Waals surface area contributed by atoms with Gasteiger partial charge in [0.25, 0.3) is 5.92 Å². The summed E-state index contributed by atoms with van der Waals surface area (Å²) in [6.45, 7) is -0.123. The molecule has 0 bridgehead atoms. The van der Waals surface area contributed by atoms with Crippen molar-refractivity contribution in [2.45, 2.75) is 12.8 Å². The number of halogens is 2. The molecule has 0 atom stereocenters. The zero-order valence-electron chi connectivity index (χ0n) is 6.92. The predicted octanol–water partition coefficient (Wildman–Crippen LogP) is 0.886. The van der Waals surface area contributed by atoms with Crippen molar-refractivity contribution in [1.82, 2.24) is 9.36 Å². The molecule has 0 saturated carbocycles. The Labute approximate surface area is 77.8 Å². The highest BCUT2D eigenvalue weighted by Gasteiger charge is 2.27. The number of aliphatic hydroxyl groups excluding tert-OH is 1. The van der Waals surface area contributed by atoms with Crippen molar-refractivity contribution in [2.24, 2.45) is 0 Å². The van der Waals surface area contributed by atoms with Crippen LogP contribution >= 0.6 is 11.5 Å². The summed E-state index contributed by atoms with van der Waals surface area (Å²) in [5.74, 6) is -2.57. The molecule has 0 aliphatic rings. The fourth-order valence-corrected chi connectivity index (χ4v) is 1.20. The first kappa shape index (κ1) is 10.3. The maximum absolute atomic E-state index is 12.5. The van der Waals surface area contributed by atoms with Crippen LogP contribution in [-0.4, -0.2) is 33.5 Å². The van der Waals surface area contributed by atoms with Crippen molar-refractivity contribution < 1.29 is 13.9 Å². The molecule has 1 heterocycles. The van der Waals surface area contributed by atoms with Crippen molar-refractivity contribution >= 4 is 16.7 Å². The van der Waals surface area contributed by atoms with Gasteiger partial charge in [-0.05, 0) is 6.92 Å². The van der Waals surface area contributed by atoms with Crippen molar-refractivity contribution in [3.05, 3.63) is 5.82 Å². The highest BCUT2D eigenvalue weighted by molar-refractivity contribution is 7.09. The number of hydrogen-bond donors (Lipinski definition) is 2. The van der Waals surface area contributed by atoms with Crippen LogP contribution in [0.4, 0.5) is 13.9 Å². The number of anilines is 1. The van der Waals surface area contributed by atoms with Crippen LogP contribution in [0.1, 0.15) is 5.82 Å². The highest BCUT2D eigenvalue weighted by atomic mass is 32.1. The summed E-state index contributed by atoms with van der Waals surface area (Å²) in [7, 11) is 0. The van der Waals surface area contributed by atoms with Gasteiger partial charge in [0.15, 0.2) is 0 Å². The molecular formula is C6H9F2N3OS. The molecule has 2 N–H and O–H groups in total. The van der Waals surface area contributed by atoms with Gasteiger partial charge in [0, 0.05) is 11.5 Å². The number of rotatable bonds is 4. The lowest BCUT2D eigenvalue weighted by Gasteiger charge is -2.12. The van der Waals surface area contributed by atoms with E-state index in [4.69, 9.17) is 5.11 Å². The van der Waals surface area contributed by atoms with Crippen molar-refractivity contribution in [2.75, 3.05) is 18.5 Å². The van der Waals surface area contributed by atoms with E-state index in [-0.39, 0.29) is 0 Å². The quantitative estimate of drug-likeness (QED) is 0.773. The molecule has 0 aliphatic heterocycles. The Hall–Kier alpha value is -0.820. The second kappa shape index (κ2) is 3.93. The van der Waals surface area contributed by atoms with Crippen LogP contribution in [-0.2, 0) is 0 Å². The molecule has 13 heavy (non-hydrogen) atoms.